The maximum absolute atomic E-state index is 10.0. The number of carboxylic acid groups (broad SMARTS) is 3. The molecule has 0 spiro atoms. The highest BCUT2D eigenvalue weighted by molar-refractivity contribution is 6.19. The van der Waals surface area contributed by atoms with Gasteiger partial charge in [0.05, 0.1) is 0 Å². The monoisotopic (exact) mass is 248 g/mol. The lowest BCUT2D eigenvalue weighted by molar-refractivity contribution is -0.143. The van der Waals surface area contributed by atoms with E-state index in [0.29, 0.717) is 12.8 Å². The molecule has 3 N–H and O–H groups in total. The summed E-state index contributed by atoms with van der Waals surface area (Å²) in [6, 6.07) is 0. The number of rotatable bonds is 8. The van der Waals surface area contributed by atoms with E-state index in [4.69, 9.17) is 24.9 Å². The second-order valence-electron chi connectivity index (χ2n) is 3.16. The minimum atomic E-state index is -1.43. The molecule has 0 atom stereocenters. The first kappa shape index (κ1) is 17.5. The zero-order valence-corrected chi connectivity index (χ0v) is 9.29. The van der Waals surface area contributed by atoms with E-state index in [1.54, 1.807) is 0 Å². The van der Waals surface area contributed by atoms with Crippen LogP contribution in [0.15, 0.2) is 0 Å². The summed E-state index contributed by atoms with van der Waals surface area (Å²) in [4.78, 5) is 38.0. The van der Waals surface area contributed by atoms with Crippen molar-refractivity contribution in [2.24, 2.45) is 0 Å². The van der Waals surface area contributed by atoms with Gasteiger partial charge in [-0.3, -0.25) is 14.4 Å². The Kier molecular flexibility index (Phi) is 12.5. The SMILES string of the molecule is O=C(O)CCCCCCC(=O)O.O=CC(=O)O. The van der Waals surface area contributed by atoms with Crippen LogP contribution in [0.2, 0.25) is 0 Å². The van der Waals surface area contributed by atoms with Crippen LogP contribution in [0, 0.1) is 0 Å². The van der Waals surface area contributed by atoms with Crippen molar-refractivity contribution in [3.05, 3.63) is 0 Å². The molecular weight excluding hydrogens is 232 g/mol. The first-order valence-corrected chi connectivity index (χ1v) is 5.01. The molecule has 0 aromatic carbocycles. The van der Waals surface area contributed by atoms with Crippen molar-refractivity contribution >= 4 is 24.2 Å². The first-order chi connectivity index (χ1) is 7.90. The lowest BCUT2D eigenvalue weighted by atomic mass is 10.1. The summed E-state index contributed by atoms with van der Waals surface area (Å²) in [5.74, 6) is -2.99. The molecule has 0 amide bonds. The summed E-state index contributed by atoms with van der Waals surface area (Å²) >= 11 is 0. The first-order valence-electron chi connectivity index (χ1n) is 5.01. The Hall–Kier alpha value is -1.92. The molecule has 0 unspecified atom stereocenters. The van der Waals surface area contributed by atoms with Crippen molar-refractivity contribution in [2.45, 2.75) is 38.5 Å². The third-order valence-corrected chi connectivity index (χ3v) is 1.63. The Bertz CT molecular complexity index is 241. The number of unbranched alkanes of at least 4 members (excludes halogenated alkanes) is 3. The van der Waals surface area contributed by atoms with Gasteiger partial charge in [-0.05, 0) is 12.8 Å². The molecule has 0 saturated carbocycles. The van der Waals surface area contributed by atoms with E-state index in [9.17, 15) is 9.59 Å². The average Bonchev–Trinajstić information content (AvgIpc) is 2.23. The number of carbonyl (C=O) groups is 4. The zero-order chi connectivity index (χ0) is 13.7. The van der Waals surface area contributed by atoms with E-state index < -0.39 is 17.9 Å². The van der Waals surface area contributed by atoms with E-state index >= 15 is 0 Å². The molecule has 7 nitrogen and oxygen atoms in total. The topological polar surface area (TPSA) is 129 Å². The molecule has 0 fully saturated rings. The average molecular weight is 248 g/mol. The second kappa shape index (κ2) is 12.2. The number of carboxylic acids is 3. The molecule has 98 valence electrons. The molecule has 0 aromatic rings. The van der Waals surface area contributed by atoms with Crippen LogP contribution >= 0.6 is 0 Å². The molecule has 0 aromatic heterocycles. The van der Waals surface area contributed by atoms with Crippen LogP contribution in [0.4, 0.5) is 0 Å². The van der Waals surface area contributed by atoms with Crippen molar-refractivity contribution in [1.29, 1.82) is 0 Å². The van der Waals surface area contributed by atoms with Crippen LogP contribution < -0.4 is 0 Å². The van der Waals surface area contributed by atoms with Gasteiger partial charge in [0, 0.05) is 12.8 Å². The van der Waals surface area contributed by atoms with Crippen molar-refractivity contribution in [1.82, 2.24) is 0 Å². The lowest BCUT2D eigenvalue weighted by Crippen LogP contribution is -1.95. The Morgan fingerprint density at radius 1 is 0.765 bits per heavy atom. The Morgan fingerprint density at radius 2 is 1.06 bits per heavy atom. The van der Waals surface area contributed by atoms with Gasteiger partial charge in [0.15, 0.2) is 0 Å². The normalized spacial score (nSPS) is 8.71. The molecule has 0 radical (unpaired) electrons. The highest BCUT2D eigenvalue weighted by atomic mass is 16.4. The van der Waals surface area contributed by atoms with E-state index in [-0.39, 0.29) is 19.1 Å². The Labute approximate surface area is 98.1 Å². The molecule has 0 bridgehead atoms. The molecule has 0 rings (SSSR count). The standard InChI is InChI=1S/C8H14O4.C2H2O3/c9-7(10)5-3-1-2-4-6-8(11)12;3-1-2(4)5/h1-6H2,(H,9,10)(H,11,12);1H,(H,4,5). The molecule has 0 saturated heterocycles. The van der Waals surface area contributed by atoms with Crippen molar-refractivity contribution in [3.63, 3.8) is 0 Å². The second-order valence-corrected chi connectivity index (χ2v) is 3.16. The maximum atomic E-state index is 10.0. The number of carbonyl (C=O) groups excluding carboxylic acids is 1. The number of hydrogen-bond donors (Lipinski definition) is 3. The fraction of sp³-hybridized carbons (Fsp3) is 0.600. The van der Waals surface area contributed by atoms with Crippen LogP contribution in [-0.4, -0.2) is 39.5 Å². The highest BCUT2D eigenvalue weighted by Gasteiger charge is 1.98. The number of aliphatic carboxylic acids is 3. The summed E-state index contributed by atoms with van der Waals surface area (Å²) < 4.78 is 0. The van der Waals surface area contributed by atoms with Gasteiger partial charge < -0.3 is 15.3 Å². The molecule has 0 aliphatic carbocycles. The third-order valence-electron chi connectivity index (χ3n) is 1.63. The van der Waals surface area contributed by atoms with Crippen LogP contribution in [0.25, 0.3) is 0 Å². The van der Waals surface area contributed by atoms with Gasteiger partial charge >= 0.3 is 17.9 Å². The van der Waals surface area contributed by atoms with Crippen LogP contribution in [0.3, 0.4) is 0 Å². The van der Waals surface area contributed by atoms with E-state index in [1.807, 2.05) is 0 Å². The van der Waals surface area contributed by atoms with E-state index in [1.165, 1.54) is 0 Å². The summed E-state index contributed by atoms with van der Waals surface area (Å²) in [5, 5.41) is 23.9. The predicted octanol–water partition coefficient (Wildman–Crippen LogP) is 0.766. The molecule has 17 heavy (non-hydrogen) atoms. The van der Waals surface area contributed by atoms with E-state index in [0.717, 1.165) is 12.8 Å². The van der Waals surface area contributed by atoms with Gasteiger partial charge in [-0.15, -0.1) is 0 Å². The van der Waals surface area contributed by atoms with Crippen molar-refractivity contribution in [3.8, 4) is 0 Å². The van der Waals surface area contributed by atoms with Gasteiger partial charge in [0.1, 0.15) is 0 Å². The smallest absolute Gasteiger partial charge is 0.368 e. The van der Waals surface area contributed by atoms with Crippen LogP contribution in [-0.2, 0) is 19.2 Å². The minimum absolute atomic E-state index is 0.167. The molecule has 0 aliphatic rings. The largest absolute Gasteiger partial charge is 0.481 e. The summed E-state index contributed by atoms with van der Waals surface area (Å²) in [7, 11) is 0. The Morgan fingerprint density at radius 3 is 1.24 bits per heavy atom. The zero-order valence-electron chi connectivity index (χ0n) is 9.29. The predicted molar refractivity (Wildman–Crippen MR) is 56.7 cm³/mol. The quantitative estimate of drug-likeness (QED) is 0.328. The molecule has 0 heterocycles. The maximum Gasteiger partial charge on any atom is 0.368 e. The van der Waals surface area contributed by atoms with Crippen molar-refractivity contribution in [2.75, 3.05) is 0 Å². The lowest BCUT2D eigenvalue weighted by Gasteiger charge is -1.96. The van der Waals surface area contributed by atoms with Crippen LogP contribution in [0.5, 0.6) is 0 Å². The van der Waals surface area contributed by atoms with Gasteiger partial charge in [-0.1, -0.05) is 12.8 Å². The number of aldehydes is 1. The fourth-order valence-corrected chi connectivity index (χ4v) is 0.906. The van der Waals surface area contributed by atoms with Crippen LogP contribution in [0.1, 0.15) is 38.5 Å². The van der Waals surface area contributed by atoms with Gasteiger partial charge in [-0.2, -0.15) is 0 Å². The summed E-state index contributed by atoms with van der Waals surface area (Å²) in [6.45, 7) is 0. The molecular formula is C10H16O7. The fourth-order valence-electron chi connectivity index (χ4n) is 0.906. The number of hydrogen-bond acceptors (Lipinski definition) is 4. The van der Waals surface area contributed by atoms with Gasteiger partial charge in [0.25, 0.3) is 0 Å². The Balaban J connectivity index is 0. The van der Waals surface area contributed by atoms with Gasteiger partial charge in [-0.25, -0.2) is 4.79 Å². The van der Waals surface area contributed by atoms with Gasteiger partial charge in [0.2, 0.25) is 6.29 Å². The highest BCUT2D eigenvalue weighted by Crippen LogP contribution is 2.04. The van der Waals surface area contributed by atoms with Crippen molar-refractivity contribution < 1.29 is 34.5 Å². The molecule has 0 aliphatic heterocycles. The molecule has 7 heteroatoms. The van der Waals surface area contributed by atoms with E-state index in [2.05, 4.69) is 0 Å². The summed E-state index contributed by atoms with van der Waals surface area (Å²) in [6.07, 6.45) is 3.11. The summed E-state index contributed by atoms with van der Waals surface area (Å²) in [5.41, 5.74) is 0. The minimum Gasteiger partial charge on any atom is -0.481 e. The third kappa shape index (κ3) is 24.9.